The number of carboxylic acids is 1. The number of carbonyl (C=O) groups is 3. The topological polar surface area (TPSA) is 105 Å². The van der Waals surface area contributed by atoms with Crippen LogP contribution in [0, 0.1) is 0 Å². The number of ether oxygens (including phenoxy) is 1. The van der Waals surface area contributed by atoms with Gasteiger partial charge in [-0.1, -0.05) is 73.5 Å². The van der Waals surface area contributed by atoms with Crippen LogP contribution in [0.2, 0.25) is 5.02 Å². The molecule has 35 heavy (non-hydrogen) atoms. The molecule has 3 aromatic rings. The highest BCUT2D eigenvalue weighted by atomic mass is 35.5. The van der Waals surface area contributed by atoms with Gasteiger partial charge in [-0.25, -0.2) is 9.59 Å². The molecule has 1 aliphatic carbocycles. The van der Waals surface area contributed by atoms with Crippen LogP contribution in [0.4, 0.5) is 10.5 Å². The number of alkyl carbamates (subject to hydrolysis) is 1. The van der Waals surface area contributed by atoms with Crippen molar-refractivity contribution in [3.8, 4) is 11.1 Å². The molecule has 7 nitrogen and oxygen atoms in total. The van der Waals surface area contributed by atoms with Gasteiger partial charge in [-0.2, -0.15) is 0 Å². The van der Waals surface area contributed by atoms with Gasteiger partial charge in [0.1, 0.15) is 12.6 Å². The first-order chi connectivity index (χ1) is 16.9. The van der Waals surface area contributed by atoms with E-state index in [1.54, 1.807) is 0 Å². The van der Waals surface area contributed by atoms with Crippen molar-refractivity contribution in [3.63, 3.8) is 0 Å². The third-order valence-electron chi connectivity index (χ3n) is 6.00. The van der Waals surface area contributed by atoms with E-state index in [0.29, 0.717) is 12.8 Å². The predicted octanol–water partition coefficient (Wildman–Crippen LogP) is 5.68. The van der Waals surface area contributed by atoms with E-state index in [2.05, 4.69) is 22.8 Å². The second kappa shape index (κ2) is 10.6. The van der Waals surface area contributed by atoms with Crippen molar-refractivity contribution in [1.29, 1.82) is 0 Å². The van der Waals surface area contributed by atoms with E-state index in [1.165, 1.54) is 18.2 Å². The molecule has 0 heterocycles. The summed E-state index contributed by atoms with van der Waals surface area (Å²) in [5.41, 5.74) is 4.59. The molecule has 180 valence electrons. The number of rotatable bonds is 8. The van der Waals surface area contributed by atoms with Gasteiger partial charge < -0.3 is 20.5 Å². The Morgan fingerprint density at radius 3 is 2.23 bits per heavy atom. The smallest absolute Gasteiger partial charge is 0.407 e. The van der Waals surface area contributed by atoms with E-state index in [1.807, 2.05) is 43.3 Å². The summed E-state index contributed by atoms with van der Waals surface area (Å²) in [5, 5.41) is 14.6. The molecule has 0 spiro atoms. The van der Waals surface area contributed by atoms with Crippen molar-refractivity contribution in [3.05, 3.63) is 88.4 Å². The quantitative estimate of drug-likeness (QED) is 0.375. The minimum absolute atomic E-state index is 0.0127. The molecule has 8 heteroatoms. The minimum Gasteiger partial charge on any atom is -0.478 e. The fourth-order valence-corrected chi connectivity index (χ4v) is 4.48. The SMILES string of the molecule is CCC[C@@H](NC(=O)OCC1c2ccccc2-c2ccccc21)C(=O)Nc1cc(C(=O)O)ccc1Cl. The molecule has 0 bridgehead atoms. The molecule has 0 radical (unpaired) electrons. The minimum atomic E-state index is -1.14. The van der Waals surface area contributed by atoms with Gasteiger partial charge in [0.15, 0.2) is 0 Å². The fourth-order valence-electron chi connectivity index (χ4n) is 4.31. The van der Waals surface area contributed by atoms with Gasteiger partial charge in [0, 0.05) is 5.92 Å². The number of carbonyl (C=O) groups excluding carboxylic acids is 2. The zero-order valence-corrected chi connectivity index (χ0v) is 19.8. The molecular formula is C27H25ClN2O5. The molecule has 3 N–H and O–H groups in total. The molecule has 1 atom stereocenters. The average molecular weight is 493 g/mol. The number of carboxylic acid groups (broad SMARTS) is 1. The maximum absolute atomic E-state index is 12.9. The molecule has 0 saturated carbocycles. The van der Waals surface area contributed by atoms with Crippen molar-refractivity contribution >= 4 is 35.3 Å². The normalized spacial score (nSPS) is 12.9. The molecule has 0 unspecified atom stereocenters. The number of nitrogens with one attached hydrogen (secondary N) is 2. The Morgan fingerprint density at radius 2 is 1.63 bits per heavy atom. The number of benzene rings is 3. The third-order valence-corrected chi connectivity index (χ3v) is 6.33. The lowest BCUT2D eigenvalue weighted by Gasteiger charge is -2.20. The van der Waals surface area contributed by atoms with Crippen molar-refractivity contribution in [1.82, 2.24) is 5.32 Å². The van der Waals surface area contributed by atoms with Gasteiger partial charge in [-0.15, -0.1) is 0 Å². The molecule has 1 aliphatic rings. The van der Waals surface area contributed by atoms with Gasteiger partial charge in [-0.3, -0.25) is 4.79 Å². The summed E-state index contributed by atoms with van der Waals surface area (Å²) in [6.45, 7) is 2.02. The number of halogens is 1. The van der Waals surface area contributed by atoms with Gasteiger partial charge in [0.25, 0.3) is 0 Å². The van der Waals surface area contributed by atoms with Crippen LogP contribution in [0.25, 0.3) is 11.1 Å². The summed E-state index contributed by atoms with van der Waals surface area (Å²) in [7, 11) is 0. The Labute approximate surface area is 208 Å². The van der Waals surface area contributed by atoms with Gasteiger partial charge in [0.05, 0.1) is 16.3 Å². The van der Waals surface area contributed by atoms with Gasteiger partial charge in [-0.05, 0) is 46.9 Å². The second-order valence-corrected chi connectivity index (χ2v) is 8.71. The zero-order valence-electron chi connectivity index (χ0n) is 19.1. The Kier molecular flexibility index (Phi) is 7.36. The van der Waals surface area contributed by atoms with Crippen LogP contribution >= 0.6 is 11.6 Å². The number of anilines is 1. The summed E-state index contributed by atoms with van der Waals surface area (Å²) in [4.78, 5) is 36.8. The van der Waals surface area contributed by atoms with E-state index in [-0.39, 0.29) is 28.8 Å². The van der Waals surface area contributed by atoms with Crippen LogP contribution in [0.15, 0.2) is 66.7 Å². The Hall–Kier alpha value is -3.84. The first-order valence-corrected chi connectivity index (χ1v) is 11.7. The molecule has 0 aliphatic heterocycles. The average Bonchev–Trinajstić information content (AvgIpc) is 3.17. The van der Waals surface area contributed by atoms with Crippen molar-refractivity contribution in [2.45, 2.75) is 31.7 Å². The summed E-state index contributed by atoms with van der Waals surface area (Å²) < 4.78 is 5.56. The van der Waals surface area contributed by atoms with Gasteiger partial charge >= 0.3 is 12.1 Å². The van der Waals surface area contributed by atoms with Crippen LogP contribution in [-0.2, 0) is 9.53 Å². The van der Waals surface area contributed by atoms with Crippen molar-refractivity contribution < 1.29 is 24.2 Å². The fraction of sp³-hybridized carbons (Fsp3) is 0.222. The number of aromatic carboxylic acids is 1. The van der Waals surface area contributed by atoms with Crippen LogP contribution in [0.1, 0.15) is 47.2 Å². The van der Waals surface area contributed by atoms with E-state index >= 15 is 0 Å². The van der Waals surface area contributed by atoms with Crippen LogP contribution in [-0.4, -0.2) is 35.7 Å². The van der Waals surface area contributed by atoms with E-state index in [4.69, 9.17) is 16.3 Å². The molecule has 4 rings (SSSR count). The lowest BCUT2D eigenvalue weighted by molar-refractivity contribution is -0.118. The van der Waals surface area contributed by atoms with E-state index in [0.717, 1.165) is 22.3 Å². The Bertz CT molecular complexity index is 1230. The van der Waals surface area contributed by atoms with E-state index < -0.39 is 24.0 Å². The zero-order chi connectivity index (χ0) is 24.9. The molecule has 0 fully saturated rings. The summed E-state index contributed by atoms with van der Waals surface area (Å²) in [6, 6.07) is 19.2. The Morgan fingerprint density at radius 1 is 1.00 bits per heavy atom. The largest absolute Gasteiger partial charge is 0.478 e. The highest BCUT2D eigenvalue weighted by molar-refractivity contribution is 6.34. The molecule has 0 aromatic heterocycles. The lowest BCUT2D eigenvalue weighted by Crippen LogP contribution is -2.44. The summed E-state index contributed by atoms with van der Waals surface area (Å²) in [5.74, 6) is -1.74. The maximum Gasteiger partial charge on any atom is 0.407 e. The molecule has 3 aromatic carbocycles. The monoisotopic (exact) mass is 492 g/mol. The van der Waals surface area contributed by atoms with E-state index in [9.17, 15) is 19.5 Å². The lowest BCUT2D eigenvalue weighted by atomic mass is 9.98. The molecule has 2 amide bonds. The second-order valence-electron chi connectivity index (χ2n) is 8.30. The van der Waals surface area contributed by atoms with Crippen molar-refractivity contribution in [2.24, 2.45) is 0 Å². The molecule has 0 saturated heterocycles. The first-order valence-electron chi connectivity index (χ1n) is 11.3. The first kappa shape index (κ1) is 24.3. The van der Waals surface area contributed by atoms with Crippen molar-refractivity contribution in [2.75, 3.05) is 11.9 Å². The maximum atomic E-state index is 12.9. The van der Waals surface area contributed by atoms with Gasteiger partial charge in [0.2, 0.25) is 5.91 Å². The number of hydrogen-bond donors (Lipinski definition) is 3. The van der Waals surface area contributed by atoms with Crippen LogP contribution < -0.4 is 10.6 Å². The number of fused-ring (bicyclic) bond motifs is 3. The highest BCUT2D eigenvalue weighted by Crippen LogP contribution is 2.44. The summed E-state index contributed by atoms with van der Waals surface area (Å²) >= 11 is 6.12. The third kappa shape index (κ3) is 5.30. The van der Waals surface area contributed by atoms with Crippen LogP contribution in [0.3, 0.4) is 0 Å². The standard InChI is InChI=1S/C27H25ClN2O5/c1-2-7-23(25(31)29-24-14-16(26(32)33)12-13-22(24)28)30-27(34)35-15-21-19-10-5-3-8-17(19)18-9-4-6-11-20(18)21/h3-6,8-14,21,23H,2,7,15H2,1H3,(H,29,31)(H,30,34)(H,32,33)/t23-/m1/s1. The summed E-state index contributed by atoms with van der Waals surface area (Å²) in [6.07, 6.45) is 0.294. The molecular weight excluding hydrogens is 468 g/mol. The number of hydrogen-bond acceptors (Lipinski definition) is 4. The Balaban J connectivity index is 1.42. The number of amides is 2. The predicted molar refractivity (Wildman–Crippen MR) is 134 cm³/mol. The van der Waals surface area contributed by atoms with Crippen LogP contribution in [0.5, 0.6) is 0 Å². The highest BCUT2D eigenvalue weighted by Gasteiger charge is 2.29.